The Morgan fingerprint density at radius 3 is 2.13 bits per heavy atom. The zero-order valence-corrected chi connectivity index (χ0v) is 18.0. The molecule has 134 valence electrons. The van der Waals surface area contributed by atoms with Gasteiger partial charge in [0.15, 0.2) is 0 Å². The Labute approximate surface area is 143 Å². The molecule has 1 saturated heterocycles. The van der Waals surface area contributed by atoms with Crippen LogP contribution in [0.15, 0.2) is 12.3 Å². The molecule has 0 N–H and O–H groups in total. The van der Waals surface area contributed by atoms with Crippen LogP contribution in [-0.2, 0) is 18.0 Å². The summed E-state index contributed by atoms with van der Waals surface area (Å²) in [7, 11) is -4.03. The first-order valence-electron chi connectivity index (χ1n) is 8.92. The predicted octanol–water partition coefficient (Wildman–Crippen LogP) is 4.58. The van der Waals surface area contributed by atoms with Crippen LogP contribution in [0.4, 0.5) is 0 Å². The maximum atomic E-state index is 6.94. The SMILES string of the molecule is CC(C)[Si](O[C@@H]1C=CO[C@@H]2CO[Si](C)(C)OC12)(C(C)C)C(C)C. The van der Waals surface area contributed by atoms with E-state index < -0.39 is 16.9 Å². The van der Waals surface area contributed by atoms with Crippen molar-refractivity contribution < 1.29 is 18.0 Å². The van der Waals surface area contributed by atoms with Gasteiger partial charge in [-0.3, -0.25) is 0 Å². The van der Waals surface area contributed by atoms with Crippen molar-refractivity contribution in [3.8, 4) is 0 Å². The highest BCUT2D eigenvalue weighted by atomic mass is 28.4. The van der Waals surface area contributed by atoms with Crippen LogP contribution in [0.5, 0.6) is 0 Å². The summed E-state index contributed by atoms with van der Waals surface area (Å²) in [5.41, 5.74) is 1.67. The Hall–Kier alpha value is -0.146. The van der Waals surface area contributed by atoms with Crippen molar-refractivity contribution in [1.29, 1.82) is 0 Å². The quantitative estimate of drug-likeness (QED) is 0.674. The van der Waals surface area contributed by atoms with Crippen LogP contribution < -0.4 is 0 Å². The van der Waals surface area contributed by atoms with Gasteiger partial charge in [-0.1, -0.05) is 41.5 Å². The minimum Gasteiger partial charge on any atom is -0.493 e. The Kier molecular flexibility index (Phi) is 5.84. The Morgan fingerprint density at radius 1 is 1.04 bits per heavy atom. The fourth-order valence-corrected chi connectivity index (χ4v) is 11.4. The zero-order chi connectivity index (χ0) is 17.4. The average molecular weight is 359 g/mol. The molecule has 0 aliphatic carbocycles. The maximum Gasteiger partial charge on any atom is 0.332 e. The molecule has 2 heterocycles. The summed E-state index contributed by atoms with van der Waals surface area (Å²) in [6.07, 6.45) is 3.70. The summed E-state index contributed by atoms with van der Waals surface area (Å²) in [5.74, 6) is 0. The van der Waals surface area contributed by atoms with Crippen LogP contribution >= 0.6 is 0 Å². The smallest absolute Gasteiger partial charge is 0.332 e. The fraction of sp³-hybridized carbons (Fsp3) is 0.882. The highest BCUT2D eigenvalue weighted by molar-refractivity contribution is 6.77. The van der Waals surface area contributed by atoms with Gasteiger partial charge >= 0.3 is 8.56 Å². The van der Waals surface area contributed by atoms with E-state index in [1.807, 2.05) is 6.08 Å². The molecule has 1 unspecified atom stereocenters. The number of hydrogen-bond donors (Lipinski definition) is 0. The third-order valence-corrected chi connectivity index (χ3v) is 13.1. The van der Waals surface area contributed by atoms with E-state index in [-0.39, 0.29) is 18.3 Å². The van der Waals surface area contributed by atoms with Crippen molar-refractivity contribution in [2.45, 2.75) is 89.6 Å². The van der Waals surface area contributed by atoms with E-state index in [4.69, 9.17) is 18.0 Å². The highest BCUT2D eigenvalue weighted by Crippen LogP contribution is 2.44. The number of ether oxygens (including phenoxy) is 1. The second-order valence-electron chi connectivity index (χ2n) is 8.20. The summed E-state index contributed by atoms with van der Waals surface area (Å²) in [6.45, 7) is 18.7. The van der Waals surface area contributed by atoms with Crippen LogP contribution in [-0.4, -0.2) is 41.8 Å². The third kappa shape index (κ3) is 3.76. The second-order valence-corrected chi connectivity index (χ2v) is 16.9. The van der Waals surface area contributed by atoms with Crippen molar-refractivity contribution in [2.24, 2.45) is 0 Å². The van der Waals surface area contributed by atoms with Gasteiger partial charge < -0.3 is 18.0 Å². The monoisotopic (exact) mass is 358 g/mol. The largest absolute Gasteiger partial charge is 0.493 e. The fourth-order valence-electron chi connectivity index (χ4n) is 4.29. The molecule has 0 aromatic carbocycles. The van der Waals surface area contributed by atoms with Gasteiger partial charge in [0.25, 0.3) is 0 Å². The van der Waals surface area contributed by atoms with Gasteiger partial charge in [0.2, 0.25) is 8.32 Å². The molecule has 6 heteroatoms. The summed E-state index contributed by atoms with van der Waals surface area (Å²) >= 11 is 0. The summed E-state index contributed by atoms with van der Waals surface area (Å²) in [5, 5.41) is 0. The van der Waals surface area contributed by atoms with Crippen molar-refractivity contribution in [3.63, 3.8) is 0 Å². The highest BCUT2D eigenvalue weighted by Gasteiger charge is 2.51. The van der Waals surface area contributed by atoms with Crippen molar-refractivity contribution in [1.82, 2.24) is 0 Å². The van der Waals surface area contributed by atoms with Crippen LogP contribution in [0.1, 0.15) is 41.5 Å². The van der Waals surface area contributed by atoms with Crippen molar-refractivity contribution >= 4 is 16.9 Å². The lowest BCUT2D eigenvalue weighted by atomic mass is 10.1. The lowest BCUT2D eigenvalue weighted by Gasteiger charge is -2.49. The van der Waals surface area contributed by atoms with Gasteiger partial charge in [0.1, 0.15) is 12.2 Å². The second kappa shape index (κ2) is 7.00. The topological polar surface area (TPSA) is 36.9 Å². The molecule has 0 radical (unpaired) electrons. The van der Waals surface area contributed by atoms with Gasteiger partial charge in [0, 0.05) is 0 Å². The molecule has 23 heavy (non-hydrogen) atoms. The summed E-state index contributed by atoms with van der Waals surface area (Å²) < 4.78 is 24.9. The van der Waals surface area contributed by atoms with E-state index in [0.29, 0.717) is 23.2 Å². The first-order valence-corrected chi connectivity index (χ1v) is 13.9. The number of fused-ring (bicyclic) bond motifs is 1. The molecule has 2 rings (SSSR count). The van der Waals surface area contributed by atoms with E-state index >= 15 is 0 Å². The van der Waals surface area contributed by atoms with E-state index in [9.17, 15) is 0 Å². The zero-order valence-electron chi connectivity index (χ0n) is 16.0. The Balaban J connectivity index is 2.28. The molecule has 3 atom stereocenters. The number of hydrogen-bond acceptors (Lipinski definition) is 4. The molecule has 2 aliphatic heterocycles. The van der Waals surface area contributed by atoms with E-state index in [0.717, 1.165) is 0 Å². The van der Waals surface area contributed by atoms with Gasteiger partial charge in [-0.15, -0.1) is 0 Å². The third-order valence-electron chi connectivity index (χ3n) is 5.27. The number of rotatable bonds is 5. The molecule has 0 aromatic rings. The molecule has 0 saturated carbocycles. The van der Waals surface area contributed by atoms with Crippen LogP contribution in [0, 0.1) is 0 Å². The average Bonchev–Trinajstić information content (AvgIpc) is 2.42. The standard InChI is InChI=1S/C17H34O4Si2/c1-12(2)23(13(3)4,14(5)6)20-15-9-10-18-16-11-19-22(7,8)21-17(15)16/h9-10,12-17H,11H2,1-8H3/t15-,16-,17?/m1/s1. The Morgan fingerprint density at radius 2 is 1.61 bits per heavy atom. The van der Waals surface area contributed by atoms with Crippen molar-refractivity contribution in [2.75, 3.05) is 6.61 Å². The molecule has 1 fully saturated rings. The van der Waals surface area contributed by atoms with Gasteiger partial charge in [-0.2, -0.15) is 0 Å². The normalized spacial score (nSPS) is 30.7. The van der Waals surface area contributed by atoms with Gasteiger partial charge in [-0.05, 0) is 35.8 Å². The van der Waals surface area contributed by atoms with E-state index in [1.54, 1.807) is 6.26 Å². The first kappa shape index (κ1) is 19.2. The van der Waals surface area contributed by atoms with E-state index in [2.05, 4.69) is 54.6 Å². The lowest BCUT2D eigenvalue weighted by molar-refractivity contribution is -0.108. The first-order chi connectivity index (χ1) is 10.6. The van der Waals surface area contributed by atoms with Crippen molar-refractivity contribution in [3.05, 3.63) is 12.3 Å². The molecule has 4 nitrogen and oxygen atoms in total. The van der Waals surface area contributed by atoms with E-state index in [1.165, 1.54) is 0 Å². The molecule has 2 aliphatic rings. The Bertz CT molecular complexity index is 413. The molecule has 0 bridgehead atoms. The summed E-state index contributed by atoms with van der Waals surface area (Å²) in [4.78, 5) is 0. The molecule has 0 aromatic heterocycles. The molecule has 0 spiro atoms. The van der Waals surface area contributed by atoms with Crippen LogP contribution in [0.25, 0.3) is 0 Å². The summed E-state index contributed by atoms with van der Waals surface area (Å²) in [6, 6.07) is 0. The van der Waals surface area contributed by atoms with Gasteiger partial charge in [-0.25, -0.2) is 0 Å². The minimum atomic E-state index is -2.08. The molecule has 0 amide bonds. The predicted molar refractivity (Wildman–Crippen MR) is 98.2 cm³/mol. The minimum absolute atomic E-state index is 0.0247. The van der Waals surface area contributed by atoms with Crippen LogP contribution in [0.3, 0.4) is 0 Å². The maximum absolute atomic E-state index is 6.94. The van der Waals surface area contributed by atoms with Crippen LogP contribution in [0.2, 0.25) is 29.7 Å². The lowest BCUT2D eigenvalue weighted by Crippen LogP contribution is -2.61. The van der Waals surface area contributed by atoms with Gasteiger partial charge in [0.05, 0.1) is 19.0 Å². The molecular weight excluding hydrogens is 324 g/mol. The molecular formula is C17H34O4Si2.